The van der Waals surface area contributed by atoms with Gasteiger partial charge in [0.15, 0.2) is 0 Å². The van der Waals surface area contributed by atoms with Crippen molar-refractivity contribution >= 4 is 11.6 Å². The van der Waals surface area contributed by atoms with Crippen LogP contribution in [-0.2, 0) is 13.0 Å². The summed E-state index contributed by atoms with van der Waals surface area (Å²) in [5, 5.41) is 3.96. The van der Waals surface area contributed by atoms with Crippen molar-refractivity contribution in [1.82, 2.24) is 5.32 Å². The molecule has 0 aromatic heterocycles. The molecule has 0 heterocycles. The van der Waals surface area contributed by atoms with Gasteiger partial charge in [-0.1, -0.05) is 31.2 Å². The van der Waals surface area contributed by atoms with Gasteiger partial charge in [0.05, 0.1) is 0 Å². The summed E-state index contributed by atoms with van der Waals surface area (Å²) in [4.78, 5) is 0. The predicted octanol–water partition coefficient (Wildman–Crippen LogP) is 3.75. The quantitative estimate of drug-likeness (QED) is 0.786. The average molecular weight is 252 g/mol. The molecule has 2 atom stereocenters. The minimum absolute atomic E-state index is 0.422. The number of rotatable bonds is 5. The number of halogens is 1. The first-order valence-electron chi connectivity index (χ1n) is 6.70. The molecule has 1 aromatic rings. The average Bonchev–Trinajstić information content (AvgIpc) is 2.76. The molecule has 0 spiro atoms. The molecule has 2 unspecified atom stereocenters. The zero-order valence-electron chi connectivity index (χ0n) is 10.6. The summed E-state index contributed by atoms with van der Waals surface area (Å²) in [5.41, 5.74) is 2.79. The van der Waals surface area contributed by atoms with Gasteiger partial charge in [-0.2, -0.15) is 0 Å². The lowest BCUT2D eigenvalue weighted by Gasteiger charge is -2.11. The van der Waals surface area contributed by atoms with Gasteiger partial charge in [0.2, 0.25) is 0 Å². The molecule has 0 amide bonds. The van der Waals surface area contributed by atoms with Crippen LogP contribution in [-0.4, -0.2) is 11.9 Å². The number of hydrogen-bond donors (Lipinski definition) is 1. The molecule has 94 valence electrons. The minimum Gasteiger partial charge on any atom is -0.312 e. The highest BCUT2D eigenvalue weighted by Gasteiger charge is 2.21. The minimum atomic E-state index is 0.422. The van der Waals surface area contributed by atoms with Crippen LogP contribution in [0.25, 0.3) is 0 Å². The first kappa shape index (κ1) is 12.9. The van der Waals surface area contributed by atoms with Crippen LogP contribution in [0.4, 0.5) is 0 Å². The third-order valence-electron chi connectivity index (χ3n) is 3.67. The fourth-order valence-corrected chi connectivity index (χ4v) is 2.89. The first-order valence-corrected chi connectivity index (χ1v) is 7.14. The molecule has 1 N–H and O–H groups in total. The molecule has 0 radical (unpaired) electrons. The maximum absolute atomic E-state index is 6.11. The van der Waals surface area contributed by atoms with Crippen LogP contribution in [0.1, 0.15) is 37.3 Å². The summed E-state index contributed by atoms with van der Waals surface area (Å²) < 4.78 is 0. The molecule has 0 saturated heterocycles. The van der Waals surface area contributed by atoms with Crippen molar-refractivity contribution < 1.29 is 0 Å². The van der Waals surface area contributed by atoms with Gasteiger partial charge in [-0.25, -0.2) is 0 Å². The molecule has 2 heteroatoms. The van der Waals surface area contributed by atoms with Gasteiger partial charge in [0.25, 0.3) is 0 Å². The largest absolute Gasteiger partial charge is 0.312 e. The highest BCUT2D eigenvalue weighted by molar-refractivity contribution is 6.20. The number of alkyl halides is 1. The van der Waals surface area contributed by atoms with Crippen LogP contribution < -0.4 is 5.32 Å². The number of benzene rings is 1. The molecule has 1 aromatic carbocycles. The van der Waals surface area contributed by atoms with Crippen LogP contribution in [0.5, 0.6) is 0 Å². The summed E-state index contributed by atoms with van der Waals surface area (Å²) in [7, 11) is 0. The normalized spacial score (nSPS) is 24.1. The van der Waals surface area contributed by atoms with Gasteiger partial charge in [0, 0.05) is 11.9 Å². The highest BCUT2D eigenvalue weighted by atomic mass is 35.5. The van der Waals surface area contributed by atoms with Crippen molar-refractivity contribution in [1.29, 1.82) is 0 Å². The molecule has 1 saturated carbocycles. The molecule has 1 aliphatic rings. The number of aryl methyl sites for hydroxylation is 1. The van der Waals surface area contributed by atoms with Crippen molar-refractivity contribution in [3.8, 4) is 0 Å². The molecule has 2 rings (SSSR count). The van der Waals surface area contributed by atoms with E-state index >= 15 is 0 Å². The van der Waals surface area contributed by atoms with E-state index < -0.39 is 0 Å². The lowest BCUT2D eigenvalue weighted by Crippen LogP contribution is -2.21. The van der Waals surface area contributed by atoms with Crippen molar-refractivity contribution in [3.05, 3.63) is 35.4 Å². The van der Waals surface area contributed by atoms with E-state index in [0.717, 1.165) is 25.4 Å². The van der Waals surface area contributed by atoms with Crippen LogP contribution in [0, 0.1) is 5.92 Å². The maximum atomic E-state index is 6.11. The Morgan fingerprint density at radius 1 is 1.18 bits per heavy atom. The zero-order chi connectivity index (χ0) is 12.1. The monoisotopic (exact) mass is 251 g/mol. The lowest BCUT2D eigenvalue weighted by atomic mass is 10.1. The molecule has 1 fully saturated rings. The Morgan fingerprint density at radius 2 is 1.88 bits per heavy atom. The van der Waals surface area contributed by atoms with Crippen LogP contribution in [0.2, 0.25) is 0 Å². The van der Waals surface area contributed by atoms with Gasteiger partial charge in [-0.3, -0.25) is 0 Å². The van der Waals surface area contributed by atoms with Crippen LogP contribution in [0.15, 0.2) is 24.3 Å². The summed E-state index contributed by atoms with van der Waals surface area (Å²) >= 11 is 6.11. The number of nitrogens with one attached hydrogen (secondary N) is 1. The summed E-state index contributed by atoms with van der Waals surface area (Å²) in [6.45, 7) is 4.28. The third kappa shape index (κ3) is 4.01. The fraction of sp³-hybridized carbons (Fsp3) is 0.600. The van der Waals surface area contributed by atoms with Gasteiger partial charge in [0.1, 0.15) is 0 Å². The number of hydrogen-bond acceptors (Lipinski definition) is 1. The van der Waals surface area contributed by atoms with Crippen molar-refractivity contribution in [2.45, 2.75) is 44.5 Å². The molecule has 1 nitrogen and oxygen atoms in total. The standard InChI is InChI=1S/C15H22ClN/c1-2-12-3-5-13(6-4-12)10-17-11-14-7-8-15(16)9-14/h3-6,14-15,17H,2,7-11H2,1H3. The van der Waals surface area contributed by atoms with E-state index in [4.69, 9.17) is 11.6 Å². The van der Waals surface area contributed by atoms with Gasteiger partial charge >= 0.3 is 0 Å². The summed E-state index contributed by atoms with van der Waals surface area (Å²) in [5.74, 6) is 0.785. The van der Waals surface area contributed by atoms with Crippen molar-refractivity contribution in [3.63, 3.8) is 0 Å². The Hall–Kier alpha value is -0.530. The predicted molar refractivity (Wildman–Crippen MR) is 74.5 cm³/mol. The molecule has 0 bridgehead atoms. The first-order chi connectivity index (χ1) is 8.28. The van der Waals surface area contributed by atoms with Gasteiger partial charge in [-0.05, 0) is 49.3 Å². The zero-order valence-corrected chi connectivity index (χ0v) is 11.3. The van der Waals surface area contributed by atoms with Gasteiger partial charge in [-0.15, -0.1) is 11.6 Å². The van der Waals surface area contributed by atoms with E-state index in [9.17, 15) is 0 Å². The molecule has 17 heavy (non-hydrogen) atoms. The van der Waals surface area contributed by atoms with Crippen molar-refractivity contribution in [2.24, 2.45) is 5.92 Å². The second-order valence-electron chi connectivity index (χ2n) is 5.08. The van der Waals surface area contributed by atoms with E-state index in [-0.39, 0.29) is 0 Å². The Labute approximate surface area is 110 Å². The molecule has 1 aliphatic carbocycles. The second-order valence-corrected chi connectivity index (χ2v) is 5.69. The Kier molecular flexibility index (Phi) is 4.87. The summed E-state index contributed by atoms with van der Waals surface area (Å²) in [6.07, 6.45) is 4.78. The summed E-state index contributed by atoms with van der Waals surface area (Å²) in [6, 6.07) is 8.90. The molecule has 0 aliphatic heterocycles. The van der Waals surface area contributed by atoms with E-state index in [1.807, 2.05) is 0 Å². The Balaban J connectivity index is 1.70. The van der Waals surface area contributed by atoms with E-state index in [1.54, 1.807) is 0 Å². The van der Waals surface area contributed by atoms with Crippen LogP contribution >= 0.6 is 11.6 Å². The Morgan fingerprint density at radius 3 is 2.47 bits per heavy atom. The van der Waals surface area contributed by atoms with E-state index in [1.165, 1.54) is 30.4 Å². The second kappa shape index (κ2) is 6.42. The third-order valence-corrected chi connectivity index (χ3v) is 4.07. The maximum Gasteiger partial charge on any atom is 0.0339 e. The topological polar surface area (TPSA) is 12.0 Å². The molecular formula is C15H22ClN. The van der Waals surface area contributed by atoms with E-state index in [2.05, 4.69) is 36.5 Å². The fourth-order valence-electron chi connectivity index (χ4n) is 2.51. The molecular weight excluding hydrogens is 230 g/mol. The lowest BCUT2D eigenvalue weighted by molar-refractivity contribution is 0.490. The van der Waals surface area contributed by atoms with Gasteiger partial charge < -0.3 is 5.32 Å². The smallest absolute Gasteiger partial charge is 0.0339 e. The van der Waals surface area contributed by atoms with Crippen LogP contribution in [0.3, 0.4) is 0 Å². The highest BCUT2D eigenvalue weighted by Crippen LogP contribution is 2.28. The SMILES string of the molecule is CCc1ccc(CNCC2CCC(Cl)C2)cc1. The van der Waals surface area contributed by atoms with E-state index in [0.29, 0.717) is 5.38 Å². The van der Waals surface area contributed by atoms with Crippen molar-refractivity contribution in [2.75, 3.05) is 6.54 Å². The Bertz CT molecular complexity index is 333.